The molecule has 0 aliphatic heterocycles. The summed E-state index contributed by atoms with van der Waals surface area (Å²) in [6.07, 6.45) is 43.0. The minimum absolute atomic E-state index is 0.0107. The van der Waals surface area contributed by atoms with Crippen molar-refractivity contribution in [1.82, 2.24) is 5.32 Å². The van der Waals surface area contributed by atoms with Gasteiger partial charge in [-0.1, -0.05) is 152 Å². The zero-order chi connectivity index (χ0) is 38.6. The van der Waals surface area contributed by atoms with Gasteiger partial charge < -0.3 is 28.8 Å². The van der Waals surface area contributed by atoms with Crippen molar-refractivity contribution in [1.29, 1.82) is 0 Å². The molecule has 0 fully saturated rings. The van der Waals surface area contributed by atoms with Gasteiger partial charge in [0.15, 0.2) is 0 Å². The summed E-state index contributed by atoms with van der Waals surface area (Å²) in [6.45, 7) is 4.55. The predicted octanol–water partition coefficient (Wildman–Crippen LogP) is 10.7. The molecular formula is C43H81N2O6P. The fourth-order valence-electron chi connectivity index (χ4n) is 5.59. The lowest BCUT2D eigenvalue weighted by Crippen LogP contribution is -2.45. The van der Waals surface area contributed by atoms with Crippen molar-refractivity contribution in [3.05, 3.63) is 48.6 Å². The second kappa shape index (κ2) is 35.2. The number of unbranched alkanes of at least 4 members (excludes halogenated alkanes) is 18. The molecule has 0 heterocycles. The average molecular weight is 753 g/mol. The third-order valence-corrected chi connectivity index (χ3v) is 9.98. The number of phosphoric acid groups is 1. The first-order valence-electron chi connectivity index (χ1n) is 21.0. The molecule has 0 spiro atoms. The lowest BCUT2D eigenvalue weighted by atomic mass is 10.1. The number of hydrogen-bond acceptors (Lipinski definition) is 6. The van der Waals surface area contributed by atoms with Crippen LogP contribution < -0.4 is 10.2 Å². The first-order chi connectivity index (χ1) is 25.0. The monoisotopic (exact) mass is 753 g/mol. The van der Waals surface area contributed by atoms with Gasteiger partial charge in [-0.15, -0.1) is 0 Å². The van der Waals surface area contributed by atoms with Crippen LogP contribution in [0.15, 0.2) is 48.6 Å². The maximum absolute atomic E-state index is 12.8. The van der Waals surface area contributed by atoms with Crippen LogP contribution in [0.2, 0.25) is 0 Å². The molecule has 0 aliphatic carbocycles. The second-order valence-electron chi connectivity index (χ2n) is 15.3. The predicted molar refractivity (Wildman–Crippen MR) is 219 cm³/mol. The average Bonchev–Trinajstić information content (AvgIpc) is 3.09. The van der Waals surface area contributed by atoms with E-state index in [2.05, 4.69) is 55.6 Å². The number of amides is 1. The zero-order valence-electron chi connectivity index (χ0n) is 34.2. The van der Waals surface area contributed by atoms with Crippen LogP contribution in [0.1, 0.15) is 168 Å². The molecule has 52 heavy (non-hydrogen) atoms. The summed E-state index contributed by atoms with van der Waals surface area (Å²) in [6, 6.07) is -0.909. The lowest BCUT2D eigenvalue weighted by molar-refractivity contribution is -0.870. The number of aliphatic hydroxyl groups excluding tert-OH is 1. The Morgan fingerprint density at radius 2 is 1.15 bits per heavy atom. The van der Waals surface area contributed by atoms with Gasteiger partial charge >= 0.3 is 0 Å². The summed E-state index contributed by atoms with van der Waals surface area (Å²) in [7, 11) is 1.23. The minimum atomic E-state index is -4.60. The molecule has 3 atom stereocenters. The molecule has 9 heteroatoms. The number of nitrogens with one attached hydrogen (secondary N) is 1. The molecule has 0 aromatic heterocycles. The maximum Gasteiger partial charge on any atom is 0.268 e. The van der Waals surface area contributed by atoms with Crippen LogP contribution >= 0.6 is 7.82 Å². The Morgan fingerprint density at radius 3 is 1.73 bits per heavy atom. The molecule has 0 saturated heterocycles. The van der Waals surface area contributed by atoms with E-state index in [0.29, 0.717) is 17.4 Å². The standard InChI is InChI=1S/C43H81N2O6P/c1-6-8-10-12-14-16-18-20-22-23-24-26-28-30-32-34-36-42(46)41(40-51-52(48,49)50-39-38-45(3,4)5)44-43(47)37-35-33-31-29-27-25-21-19-17-15-13-11-9-7-2/h13,15,19,21,26,28,34,36,41-42,46H,6-12,14,16-18,20,22-25,27,29-33,35,37-40H2,1-5H3,(H-,44,47,48,49)/b15-13-,21-19-,28-26+,36-34+. The smallest absolute Gasteiger partial charge is 0.268 e. The lowest BCUT2D eigenvalue weighted by Gasteiger charge is -2.29. The highest BCUT2D eigenvalue weighted by Gasteiger charge is 2.23. The molecule has 2 N–H and O–H groups in total. The van der Waals surface area contributed by atoms with E-state index in [1.165, 1.54) is 83.5 Å². The Kier molecular flexibility index (Phi) is 34.1. The molecule has 304 valence electrons. The molecule has 0 radical (unpaired) electrons. The highest BCUT2D eigenvalue weighted by atomic mass is 31.2. The Balaban J connectivity index is 4.56. The van der Waals surface area contributed by atoms with E-state index < -0.39 is 26.6 Å². The van der Waals surface area contributed by atoms with Crippen molar-refractivity contribution in [3.63, 3.8) is 0 Å². The van der Waals surface area contributed by atoms with Gasteiger partial charge in [0.25, 0.3) is 7.82 Å². The number of aliphatic hydroxyl groups is 1. The van der Waals surface area contributed by atoms with Crippen molar-refractivity contribution in [2.75, 3.05) is 40.9 Å². The normalized spacial score (nSPS) is 15.0. The van der Waals surface area contributed by atoms with Crippen molar-refractivity contribution in [2.45, 2.75) is 180 Å². The number of allylic oxidation sites excluding steroid dienone is 7. The summed E-state index contributed by atoms with van der Waals surface area (Å²) < 4.78 is 23.1. The SMILES string of the molecule is CCCC/C=C\C/C=C\CCCCCCCC(=O)NC(COP(=O)([O-])OCC[N+](C)(C)C)C(O)/C=C/CC/C=C/CCCCCCCCCCCC. The van der Waals surface area contributed by atoms with Crippen LogP contribution in [0.4, 0.5) is 0 Å². The summed E-state index contributed by atoms with van der Waals surface area (Å²) in [5.74, 6) is -0.224. The van der Waals surface area contributed by atoms with Gasteiger partial charge in [0.05, 0.1) is 39.9 Å². The number of carbonyl (C=O) groups excluding carboxylic acids is 1. The molecule has 0 saturated carbocycles. The van der Waals surface area contributed by atoms with E-state index in [-0.39, 0.29) is 12.5 Å². The minimum Gasteiger partial charge on any atom is -0.756 e. The van der Waals surface area contributed by atoms with E-state index in [1.807, 2.05) is 27.2 Å². The highest BCUT2D eigenvalue weighted by molar-refractivity contribution is 7.45. The van der Waals surface area contributed by atoms with Gasteiger partial charge in [-0.25, -0.2) is 0 Å². The van der Waals surface area contributed by atoms with E-state index in [9.17, 15) is 19.4 Å². The van der Waals surface area contributed by atoms with Crippen LogP contribution in [-0.2, 0) is 18.4 Å². The van der Waals surface area contributed by atoms with Crippen molar-refractivity contribution in [3.8, 4) is 0 Å². The van der Waals surface area contributed by atoms with Crippen LogP contribution in [0.5, 0.6) is 0 Å². The van der Waals surface area contributed by atoms with Crippen LogP contribution in [0.25, 0.3) is 0 Å². The summed E-state index contributed by atoms with van der Waals surface area (Å²) >= 11 is 0. The Labute approximate surface area is 320 Å². The number of quaternary nitrogens is 1. The fraction of sp³-hybridized carbons (Fsp3) is 0.791. The number of nitrogens with zero attached hydrogens (tertiary/aromatic N) is 1. The van der Waals surface area contributed by atoms with Gasteiger partial charge in [0, 0.05) is 6.42 Å². The largest absolute Gasteiger partial charge is 0.756 e. The maximum atomic E-state index is 12.8. The summed E-state index contributed by atoms with van der Waals surface area (Å²) in [4.78, 5) is 25.2. The van der Waals surface area contributed by atoms with Crippen molar-refractivity contribution >= 4 is 13.7 Å². The van der Waals surface area contributed by atoms with E-state index in [1.54, 1.807) is 6.08 Å². The molecule has 0 bridgehead atoms. The first kappa shape index (κ1) is 50.5. The Hall–Kier alpha value is -1.54. The number of hydrogen-bond donors (Lipinski definition) is 2. The van der Waals surface area contributed by atoms with Crippen LogP contribution in [0, 0.1) is 0 Å². The van der Waals surface area contributed by atoms with Gasteiger partial charge in [0.1, 0.15) is 13.2 Å². The Morgan fingerprint density at radius 1 is 0.673 bits per heavy atom. The number of rotatable bonds is 37. The second-order valence-corrected chi connectivity index (χ2v) is 16.7. The fourth-order valence-corrected chi connectivity index (χ4v) is 6.32. The first-order valence-corrected chi connectivity index (χ1v) is 22.5. The molecule has 0 aromatic rings. The quantitative estimate of drug-likeness (QED) is 0.0283. The van der Waals surface area contributed by atoms with Gasteiger partial charge in [-0.05, 0) is 57.8 Å². The molecule has 0 aliphatic rings. The van der Waals surface area contributed by atoms with E-state index >= 15 is 0 Å². The van der Waals surface area contributed by atoms with Crippen molar-refractivity contribution in [2.24, 2.45) is 0 Å². The van der Waals surface area contributed by atoms with Gasteiger partial charge in [-0.2, -0.15) is 0 Å². The molecule has 8 nitrogen and oxygen atoms in total. The third kappa shape index (κ3) is 36.8. The van der Waals surface area contributed by atoms with Gasteiger partial charge in [-0.3, -0.25) is 9.36 Å². The third-order valence-electron chi connectivity index (χ3n) is 9.01. The van der Waals surface area contributed by atoms with Gasteiger partial charge in [0.2, 0.25) is 5.91 Å². The topological polar surface area (TPSA) is 108 Å². The number of carbonyl (C=O) groups is 1. The number of phosphoric ester groups is 1. The van der Waals surface area contributed by atoms with Crippen LogP contribution in [-0.4, -0.2) is 68.5 Å². The molecule has 0 aromatic carbocycles. The molecular weight excluding hydrogens is 671 g/mol. The molecule has 3 unspecified atom stereocenters. The summed E-state index contributed by atoms with van der Waals surface area (Å²) in [5.41, 5.74) is 0. The molecule has 1 amide bonds. The van der Waals surface area contributed by atoms with E-state index in [4.69, 9.17) is 9.05 Å². The highest BCUT2D eigenvalue weighted by Crippen LogP contribution is 2.38. The van der Waals surface area contributed by atoms with Crippen LogP contribution in [0.3, 0.4) is 0 Å². The van der Waals surface area contributed by atoms with E-state index in [0.717, 1.165) is 64.2 Å². The summed E-state index contributed by atoms with van der Waals surface area (Å²) in [5, 5.41) is 13.7. The Bertz CT molecular complexity index is 991. The molecule has 0 rings (SSSR count). The zero-order valence-corrected chi connectivity index (χ0v) is 35.1. The van der Waals surface area contributed by atoms with Crippen molar-refractivity contribution < 1.29 is 32.9 Å². The number of likely N-dealkylation sites (N-methyl/N-ethyl adjacent to an activating group) is 1.